The van der Waals surface area contributed by atoms with Gasteiger partial charge >= 0.3 is 6.85 Å². The first-order valence-electron chi connectivity index (χ1n) is 24.5. The van der Waals surface area contributed by atoms with Crippen LogP contribution < -0.4 is 15.7 Å². The second kappa shape index (κ2) is 12.9. The largest absolute Gasteiger partial charge is 0.455 e. The first-order chi connectivity index (χ1) is 32.4. The molecular formula is C63H55BN2OS. The number of anilines is 2. The Morgan fingerprint density at radius 3 is 1.94 bits per heavy atom. The SMILES string of the molecule is CC(C)(C)c1ccc(N2B3c4cc5c(cc4-n4c6ccc(C(C)(C)C)cc6c6c7c(oc8ccccc87)c(c3c64)-c3cc4c(cc32)C(C)(C)c2ccc(C(C)(C)C)cc2-4)sc2ccccc25)cc1. The van der Waals surface area contributed by atoms with E-state index >= 15 is 0 Å². The maximum absolute atomic E-state index is 7.41. The molecule has 8 aromatic carbocycles. The van der Waals surface area contributed by atoms with Gasteiger partial charge < -0.3 is 13.8 Å². The molecule has 3 nitrogen and oxygen atoms in total. The molecule has 0 spiro atoms. The van der Waals surface area contributed by atoms with Gasteiger partial charge in [-0.2, -0.15) is 0 Å². The van der Waals surface area contributed by atoms with Crippen LogP contribution in [0.3, 0.4) is 0 Å². The topological polar surface area (TPSA) is 21.3 Å². The van der Waals surface area contributed by atoms with E-state index in [4.69, 9.17) is 4.42 Å². The molecule has 11 aromatic rings. The third-order valence-electron chi connectivity index (χ3n) is 16.2. The van der Waals surface area contributed by atoms with Crippen LogP contribution in [0.25, 0.3) is 91.9 Å². The average molecular weight is 899 g/mol. The molecule has 0 fully saturated rings. The van der Waals surface area contributed by atoms with Crippen LogP contribution >= 0.6 is 11.3 Å². The smallest absolute Gasteiger partial charge is 0.333 e. The molecule has 5 heteroatoms. The van der Waals surface area contributed by atoms with Crippen molar-refractivity contribution in [3.05, 3.63) is 161 Å². The molecule has 332 valence electrons. The van der Waals surface area contributed by atoms with E-state index in [0.29, 0.717) is 0 Å². The zero-order valence-corrected chi connectivity index (χ0v) is 41.8. The number of para-hydroxylation sites is 1. The minimum atomic E-state index is -0.208. The summed E-state index contributed by atoms with van der Waals surface area (Å²) in [6, 6.07) is 52.1. The maximum Gasteiger partial charge on any atom is 0.333 e. The molecule has 0 saturated heterocycles. The van der Waals surface area contributed by atoms with Gasteiger partial charge in [-0.15, -0.1) is 11.3 Å². The summed E-state index contributed by atoms with van der Waals surface area (Å²) in [4.78, 5) is 2.72. The van der Waals surface area contributed by atoms with Crippen LogP contribution in [0.1, 0.15) is 104 Å². The normalized spacial score (nSPS) is 15.0. The first kappa shape index (κ1) is 40.5. The molecule has 1 aliphatic carbocycles. The standard InChI is InChI=1S/C63H55BN2OS/c1-60(2,3)34-20-24-37(25-21-34)66-49-32-46-41(40-28-35(61(4,5)6)22-26-45(40)63(46,10)11)30-44(49)56-57-58-54(55-39-17-12-14-18-51(39)67-59(55)56)43-29-36(62(7,8)9)23-27-48(43)65(58)50-33-53-42(31-47(50)64(57)66)38-16-13-15-19-52(38)68-53/h12-33H,1-11H3. The van der Waals surface area contributed by atoms with E-state index in [9.17, 15) is 0 Å². The molecule has 0 radical (unpaired) electrons. The summed E-state index contributed by atoms with van der Waals surface area (Å²) in [5.41, 5.74) is 22.4. The number of benzene rings is 8. The summed E-state index contributed by atoms with van der Waals surface area (Å²) in [7, 11) is 0. The Kier molecular flexibility index (Phi) is 7.71. The van der Waals surface area contributed by atoms with E-state index in [1.54, 1.807) is 0 Å². The van der Waals surface area contributed by atoms with E-state index in [1.807, 2.05) is 11.3 Å². The maximum atomic E-state index is 7.41. The monoisotopic (exact) mass is 898 g/mol. The number of rotatable bonds is 1. The van der Waals surface area contributed by atoms with Crippen LogP contribution in [0.4, 0.5) is 11.4 Å². The van der Waals surface area contributed by atoms with Crippen molar-refractivity contribution < 1.29 is 4.42 Å². The zero-order chi connectivity index (χ0) is 46.7. The van der Waals surface area contributed by atoms with E-state index in [1.165, 1.54) is 125 Å². The molecule has 68 heavy (non-hydrogen) atoms. The molecule has 0 amide bonds. The summed E-state index contributed by atoms with van der Waals surface area (Å²) in [5, 5.41) is 7.56. The van der Waals surface area contributed by atoms with Crippen LogP contribution in [-0.2, 0) is 21.7 Å². The lowest BCUT2D eigenvalue weighted by Gasteiger charge is -2.42. The Morgan fingerprint density at radius 1 is 0.529 bits per heavy atom. The lowest BCUT2D eigenvalue weighted by molar-refractivity contribution is 0.589. The summed E-state index contributed by atoms with van der Waals surface area (Å²) >= 11 is 1.91. The number of furan rings is 1. The first-order valence-corrected chi connectivity index (χ1v) is 25.3. The van der Waals surface area contributed by atoms with Gasteiger partial charge in [0.2, 0.25) is 0 Å². The predicted molar refractivity (Wildman–Crippen MR) is 294 cm³/mol. The van der Waals surface area contributed by atoms with Crippen molar-refractivity contribution in [2.75, 3.05) is 4.81 Å². The van der Waals surface area contributed by atoms with Crippen molar-refractivity contribution in [3.8, 4) is 27.9 Å². The fraction of sp³-hybridized carbons (Fsp3) is 0.238. The summed E-state index contributed by atoms with van der Waals surface area (Å²) in [6.07, 6.45) is 0. The Hall–Kier alpha value is -6.56. The predicted octanol–water partition coefficient (Wildman–Crippen LogP) is 16.5. The molecule has 0 atom stereocenters. The third kappa shape index (κ3) is 5.21. The van der Waals surface area contributed by atoms with Crippen molar-refractivity contribution in [1.82, 2.24) is 4.57 Å². The molecular weight excluding hydrogens is 844 g/mol. The highest BCUT2D eigenvalue weighted by atomic mass is 32.1. The van der Waals surface area contributed by atoms with Crippen LogP contribution in [0, 0.1) is 0 Å². The van der Waals surface area contributed by atoms with Crippen molar-refractivity contribution in [2.24, 2.45) is 0 Å². The van der Waals surface area contributed by atoms with Crippen LogP contribution in [0.2, 0.25) is 0 Å². The number of fused-ring (bicyclic) bond motifs is 19. The molecule has 2 aliphatic heterocycles. The number of aromatic nitrogens is 1. The Morgan fingerprint density at radius 2 is 1.19 bits per heavy atom. The average Bonchev–Trinajstić information content (AvgIpc) is 4.03. The molecule has 3 aliphatic rings. The van der Waals surface area contributed by atoms with Crippen molar-refractivity contribution in [1.29, 1.82) is 0 Å². The van der Waals surface area contributed by atoms with Gasteiger partial charge in [-0.05, 0) is 121 Å². The Labute approximate surface area is 403 Å². The van der Waals surface area contributed by atoms with Gasteiger partial charge in [-0.1, -0.05) is 155 Å². The second-order valence-corrected chi connectivity index (χ2v) is 24.8. The van der Waals surface area contributed by atoms with Gasteiger partial charge in [-0.3, -0.25) is 0 Å². The number of nitrogens with zero attached hydrogens (tertiary/aromatic N) is 2. The lowest BCUT2D eigenvalue weighted by Crippen LogP contribution is -2.60. The van der Waals surface area contributed by atoms with Gasteiger partial charge in [-0.25, -0.2) is 0 Å². The fourth-order valence-corrected chi connectivity index (χ4v) is 13.7. The number of hydrogen-bond acceptors (Lipinski definition) is 3. The fourth-order valence-electron chi connectivity index (χ4n) is 12.6. The summed E-state index contributed by atoms with van der Waals surface area (Å²) in [6.45, 7) is 25.6. The molecule has 0 unspecified atom stereocenters. The summed E-state index contributed by atoms with van der Waals surface area (Å²) < 4.78 is 12.7. The molecule has 0 saturated carbocycles. The van der Waals surface area contributed by atoms with Crippen molar-refractivity contribution >= 4 is 104 Å². The van der Waals surface area contributed by atoms with E-state index in [-0.39, 0.29) is 28.5 Å². The van der Waals surface area contributed by atoms with Gasteiger partial charge in [0.1, 0.15) is 11.2 Å². The molecule has 0 bridgehead atoms. The third-order valence-corrected chi connectivity index (χ3v) is 17.4. The minimum absolute atomic E-state index is 0.0157. The minimum Gasteiger partial charge on any atom is -0.455 e. The molecule has 5 heterocycles. The summed E-state index contributed by atoms with van der Waals surface area (Å²) in [5.74, 6) is 0. The Balaban J connectivity index is 1.22. The van der Waals surface area contributed by atoms with Gasteiger partial charge in [0.25, 0.3) is 0 Å². The highest BCUT2D eigenvalue weighted by molar-refractivity contribution is 7.26. The number of hydrogen-bond donors (Lipinski definition) is 0. The Bertz CT molecular complexity index is 4060. The van der Waals surface area contributed by atoms with Crippen LogP contribution in [0.5, 0.6) is 0 Å². The quantitative estimate of drug-likeness (QED) is 0.153. The van der Waals surface area contributed by atoms with E-state index < -0.39 is 0 Å². The van der Waals surface area contributed by atoms with Gasteiger partial charge in [0.15, 0.2) is 0 Å². The van der Waals surface area contributed by atoms with E-state index in [2.05, 4.69) is 219 Å². The van der Waals surface area contributed by atoms with Crippen LogP contribution in [0.15, 0.2) is 138 Å². The van der Waals surface area contributed by atoms with Gasteiger partial charge in [0.05, 0.1) is 11.0 Å². The van der Waals surface area contributed by atoms with Crippen LogP contribution in [-0.4, -0.2) is 11.4 Å². The highest BCUT2D eigenvalue weighted by Gasteiger charge is 2.48. The zero-order valence-electron chi connectivity index (χ0n) is 41.0. The number of thiophene rings is 1. The van der Waals surface area contributed by atoms with Crippen molar-refractivity contribution in [3.63, 3.8) is 0 Å². The van der Waals surface area contributed by atoms with E-state index in [0.717, 1.165) is 16.6 Å². The van der Waals surface area contributed by atoms with Crippen molar-refractivity contribution in [2.45, 2.75) is 97.8 Å². The highest BCUT2D eigenvalue weighted by Crippen LogP contribution is 2.57. The second-order valence-electron chi connectivity index (χ2n) is 23.8. The van der Waals surface area contributed by atoms with Gasteiger partial charge in [0, 0.05) is 75.3 Å². The molecule has 14 rings (SSSR count). The molecule has 0 N–H and O–H groups in total. The lowest BCUT2D eigenvalue weighted by atomic mass is 9.43. The molecule has 3 aromatic heterocycles.